The molecule has 2 aliphatic rings. The Bertz CT molecular complexity index is 705. The van der Waals surface area contributed by atoms with Gasteiger partial charge in [-0.25, -0.2) is 0 Å². The number of nitrogens with zero attached hydrogens (tertiary/aromatic N) is 1. The molecule has 3 atom stereocenters. The Morgan fingerprint density at radius 1 is 1.27 bits per heavy atom. The van der Waals surface area contributed by atoms with Gasteiger partial charge in [-0.2, -0.15) is 0 Å². The van der Waals surface area contributed by atoms with Crippen molar-refractivity contribution in [2.75, 3.05) is 41.0 Å². The zero-order valence-corrected chi connectivity index (χ0v) is 15.4. The number of carboxylic acid groups (broad SMARTS) is 1. The van der Waals surface area contributed by atoms with Crippen LogP contribution in [0.15, 0.2) is 18.2 Å². The third kappa shape index (κ3) is 3.23. The maximum absolute atomic E-state index is 12.9. The Morgan fingerprint density at radius 2 is 2.04 bits per heavy atom. The summed E-state index contributed by atoms with van der Waals surface area (Å²) in [4.78, 5) is 26.2. The molecule has 0 aromatic heterocycles. The van der Waals surface area contributed by atoms with Crippen molar-refractivity contribution in [2.45, 2.75) is 18.8 Å². The highest BCUT2D eigenvalue weighted by molar-refractivity contribution is 5.85. The molecule has 3 unspecified atom stereocenters. The zero-order chi connectivity index (χ0) is 18.9. The molecule has 0 bridgehead atoms. The minimum absolute atomic E-state index is 0.0131. The van der Waals surface area contributed by atoms with Crippen LogP contribution in [0.25, 0.3) is 0 Å². The molecule has 1 aliphatic carbocycles. The van der Waals surface area contributed by atoms with Crippen LogP contribution in [-0.2, 0) is 14.3 Å². The molecule has 2 fully saturated rings. The molecule has 1 N–H and O–H groups in total. The highest BCUT2D eigenvalue weighted by Crippen LogP contribution is 2.52. The van der Waals surface area contributed by atoms with Gasteiger partial charge in [0.1, 0.15) is 16.9 Å². The fraction of sp³-hybridized carbons (Fsp3) is 0.579. The summed E-state index contributed by atoms with van der Waals surface area (Å²) in [5.74, 6) is 0.519. The van der Waals surface area contributed by atoms with Crippen molar-refractivity contribution in [2.24, 2.45) is 11.3 Å². The molecule has 7 heteroatoms. The number of likely N-dealkylation sites (tertiary alicyclic amines) is 1. The fourth-order valence-electron chi connectivity index (χ4n) is 3.87. The van der Waals surface area contributed by atoms with Crippen molar-refractivity contribution >= 4 is 11.9 Å². The van der Waals surface area contributed by atoms with Gasteiger partial charge in [-0.1, -0.05) is 0 Å². The van der Waals surface area contributed by atoms with E-state index in [-0.39, 0.29) is 30.9 Å². The Hall–Kier alpha value is -2.28. The molecule has 0 spiro atoms. The molecular weight excluding hydrogens is 338 g/mol. The van der Waals surface area contributed by atoms with E-state index in [1.165, 1.54) is 7.11 Å². The molecule has 1 saturated carbocycles. The van der Waals surface area contributed by atoms with E-state index in [1.807, 2.05) is 18.2 Å². The van der Waals surface area contributed by atoms with Crippen LogP contribution in [0.4, 0.5) is 0 Å². The maximum atomic E-state index is 12.9. The molecule has 1 aromatic rings. The standard InChI is InChI=1S/C19H25NO6/c1-24-11-19(18(22)23)6-7-20(10-19)17(21)15-9-13(15)14-8-12(25-2)4-5-16(14)26-3/h4-5,8,13,15H,6-7,9-11H2,1-3H3,(H,22,23). The zero-order valence-electron chi connectivity index (χ0n) is 15.4. The van der Waals surface area contributed by atoms with Gasteiger partial charge in [0.15, 0.2) is 0 Å². The smallest absolute Gasteiger partial charge is 0.313 e. The highest BCUT2D eigenvalue weighted by Gasteiger charge is 2.52. The molecule has 3 rings (SSSR count). The quantitative estimate of drug-likeness (QED) is 0.794. The lowest BCUT2D eigenvalue weighted by Gasteiger charge is -2.24. The molecule has 26 heavy (non-hydrogen) atoms. The molecular formula is C19H25NO6. The summed E-state index contributed by atoms with van der Waals surface area (Å²) in [5.41, 5.74) is -0.0339. The van der Waals surface area contributed by atoms with Gasteiger partial charge >= 0.3 is 5.97 Å². The van der Waals surface area contributed by atoms with Crippen LogP contribution in [0.1, 0.15) is 24.3 Å². The van der Waals surface area contributed by atoms with Gasteiger partial charge in [-0.3, -0.25) is 9.59 Å². The van der Waals surface area contributed by atoms with E-state index in [1.54, 1.807) is 19.1 Å². The Labute approximate surface area is 152 Å². The third-order valence-corrected chi connectivity index (χ3v) is 5.48. The van der Waals surface area contributed by atoms with E-state index < -0.39 is 11.4 Å². The first-order valence-electron chi connectivity index (χ1n) is 8.69. The number of hydrogen-bond acceptors (Lipinski definition) is 5. The van der Waals surface area contributed by atoms with Crippen LogP contribution < -0.4 is 9.47 Å². The van der Waals surface area contributed by atoms with Gasteiger partial charge in [-0.05, 0) is 31.0 Å². The number of hydrogen-bond donors (Lipinski definition) is 1. The van der Waals surface area contributed by atoms with Crippen LogP contribution in [0, 0.1) is 11.3 Å². The second kappa shape index (κ2) is 7.15. The van der Waals surface area contributed by atoms with Gasteiger partial charge in [0.05, 0.1) is 20.8 Å². The molecule has 1 amide bonds. The SMILES string of the molecule is COCC1(C(=O)O)CCN(C(=O)C2CC2c2cc(OC)ccc2OC)C1. The van der Waals surface area contributed by atoms with E-state index >= 15 is 0 Å². The largest absolute Gasteiger partial charge is 0.497 e. The number of rotatable bonds is 7. The van der Waals surface area contributed by atoms with Crippen LogP contribution in [0.2, 0.25) is 0 Å². The van der Waals surface area contributed by atoms with Gasteiger partial charge < -0.3 is 24.2 Å². The molecule has 142 valence electrons. The van der Waals surface area contributed by atoms with Gasteiger partial charge in [0, 0.05) is 37.6 Å². The van der Waals surface area contributed by atoms with Gasteiger partial charge in [0.2, 0.25) is 5.91 Å². The summed E-state index contributed by atoms with van der Waals surface area (Å²) in [7, 11) is 4.70. The number of carbonyl (C=O) groups excluding carboxylic acids is 1. The summed E-state index contributed by atoms with van der Waals surface area (Å²) in [6, 6.07) is 5.58. The van der Waals surface area contributed by atoms with Crippen molar-refractivity contribution in [3.05, 3.63) is 23.8 Å². The van der Waals surface area contributed by atoms with Gasteiger partial charge in [-0.15, -0.1) is 0 Å². The van der Waals surface area contributed by atoms with E-state index in [9.17, 15) is 14.7 Å². The number of carboxylic acids is 1. The highest BCUT2D eigenvalue weighted by atomic mass is 16.5. The molecule has 1 saturated heterocycles. The second-order valence-electron chi connectivity index (χ2n) is 7.08. The number of methoxy groups -OCH3 is 3. The summed E-state index contributed by atoms with van der Waals surface area (Å²) < 4.78 is 15.8. The minimum Gasteiger partial charge on any atom is -0.497 e. The number of aliphatic carboxylic acids is 1. The normalized spacial score (nSPS) is 27.3. The third-order valence-electron chi connectivity index (χ3n) is 5.48. The molecule has 1 heterocycles. The minimum atomic E-state index is -0.998. The summed E-state index contributed by atoms with van der Waals surface area (Å²) in [5, 5.41) is 9.56. The number of amides is 1. The lowest BCUT2D eigenvalue weighted by Crippen LogP contribution is -2.40. The average molecular weight is 363 g/mol. The van der Waals surface area contributed by atoms with Crippen molar-refractivity contribution < 1.29 is 28.9 Å². The lowest BCUT2D eigenvalue weighted by molar-refractivity contribution is -0.151. The monoisotopic (exact) mass is 363 g/mol. The van der Waals surface area contributed by atoms with Crippen molar-refractivity contribution in [1.29, 1.82) is 0 Å². The van der Waals surface area contributed by atoms with Crippen LogP contribution in [-0.4, -0.2) is 62.9 Å². The molecule has 0 radical (unpaired) electrons. The average Bonchev–Trinajstić information content (AvgIpc) is 3.32. The number of carbonyl (C=O) groups is 2. The van der Waals surface area contributed by atoms with E-state index in [0.717, 1.165) is 23.5 Å². The summed E-state index contributed by atoms with van der Waals surface area (Å²) in [6.45, 7) is 0.768. The maximum Gasteiger partial charge on any atom is 0.313 e. The van der Waals surface area contributed by atoms with E-state index in [2.05, 4.69) is 0 Å². The Kier molecular flexibility index (Phi) is 5.09. The van der Waals surface area contributed by atoms with Crippen LogP contribution >= 0.6 is 0 Å². The van der Waals surface area contributed by atoms with Crippen molar-refractivity contribution in [1.82, 2.24) is 4.90 Å². The first-order valence-corrected chi connectivity index (χ1v) is 8.69. The van der Waals surface area contributed by atoms with Crippen LogP contribution in [0.5, 0.6) is 11.5 Å². The summed E-state index contributed by atoms with van der Waals surface area (Å²) >= 11 is 0. The van der Waals surface area contributed by atoms with E-state index in [0.29, 0.717) is 13.0 Å². The predicted molar refractivity (Wildman–Crippen MR) is 93.5 cm³/mol. The van der Waals surface area contributed by atoms with Crippen molar-refractivity contribution in [3.8, 4) is 11.5 Å². The first kappa shape index (κ1) is 18.5. The Morgan fingerprint density at radius 3 is 2.65 bits per heavy atom. The number of ether oxygens (including phenoxy) is 3. The fourth-order valence-corrected chi connectivity index (χ4v) is 3.87. The molecule has 1 aliphatic heterocycles. The second-order valence-corrected chi connectivity index (χ2v) is 7.08. The van der Waals surface area contributed by atoms with E-state index in [4.69, 9.17) is 14.2 Å². The van der Waals surface area contributed by atoms with Gasteiger partial charge in [0.25, 0.3) is 0 Å². The van der Waals surface area contributed by atoms with Crippen molar-refractivity contribution in [3.63, 3.8) is 0 Å². The summed E-state index contributed by atoms with van der Waals surface area (Å²) in [6.07, 6.45) is 1.16. The predicted octanol–water partition coefficient (Wildman–Crippen LogP) is 1.76. The topological polar surface area (TPSA) is 85.3 Å². The van der Waals surface area contributed by atoms with Crippen LogP contribution in [0.3, 0.4) is 0 Å². The molecule has 7 nitrogen and oxygen atoms in total. The lowest BCUT2D eigenvalue weighted by atomic mass is 9.88. The first-order chi connectivity index (χ1) is 12.5. The molecule has 1 aromatic carbocycles. The Balaban J connectivity index is 1.71. The number of benzene rings is 1.